The maximum Gasteiger partial charge on any atom is 0.174 e. The summed E-state index contributed by atoms with van der Waals surface area (Å²) in [4.78, 5) is 4.23. The molecule has 0 aromatic carbocycles. The molecule has 0 unspecified atom stereocenters. The first-order valence-electron chi connectivity index (χ1n) is 6.14. The fourth-order valence-electron chi connectivity index (χ4n) is 1.88. The van der Waals surface area contributed by atoms with Gasteiger partial charge in [0.2, 0.25) is 0 Å². The van der Waals surface area contributed by atoms with Crippen LogP contribution in [0.15, 0.2) is 22.6 Å². The van der Waals surface area contributed by atoms with Gasteiger partial charge in [-0.3, -0.25) is 0 Å². The van der Waals surface area contributed by atoms with Crippen molar-refractivity contribution in [2.24, 2.45) is 7.05 Å². The highest BCUT2D eigenvalue weighted by Gasteiger charge is 2.16. The van der Waals surface area contributed by atoms with Gasteiger partial charge in [-0.05, 0) is 30.2 Å². The summed E-state index contributed by atoms with van der Waals surface area (Å²) in [6, 6.07) is 2.26. The van der Waals surface area contributed by atoms with Crippen LogP contribution in [-0.2, 0) is 19.9 Å². The lowest BCUT2D eigenvalue weighted by Crippen LogP contribution is -2.05. The van der Waals surface area contributed by atoms with Crippen LogP contribution in [0.25, 0.3) is 0 Å². The van der Waals surface area contributed by atoms with Gasteiger partial charge in [0.1, 0.15) is 11.1 Å². The molecule has 0 amide bonds. The largest absolute Gasteiger partial charge is 0.329 e. The summed E-state index contributed by atoms with van der Waals surface area (Å²) < 4.78 is 1.90. The highest BCUT2D eigenvalue weighted by molar-refractivity contribution is 7.99. The summed E-state index contributed by atoms with van der Waals surface area (Å²) >= 11 is 1.38. The third-order valence-electron chi connectivity index (χ3n) is 2.89. The van der Waals surface area contributed by atoms with Crippen LogP contribution in [0, 0.1) is 11.3 Å². The van der Waals surface area contributed by atoms with E-state index in [1.165, 1.54) is 11.8 Å². The second-order valence-electron chi connectivity index (χ2n) is 4.05. The molecule has 0 aliphatic rings. The summed E-state index contributed by atoms with van der Waals surface area (Å²) in [5.74, 6) is 0. The molecule has 2 aromatic heterocycles. The Labute approximate surface area is 116 Å². The zero-order valence-corrected chi connectivity index (χ0v) is 12.0. The number of hydrogen-bond donors (Lipinski definition) is 0. The molecular formula is C13H15N5S. The Hall–Kier alpha value is -1.87. The van der Waals surface area contributed by atoms with Crippen molar-refractivity contribution in [3.8, 4) is 6.07 Å². The monoisotopic (exact) mass is 273 g/mol. The van der Waals surface area contributed by atoms with Crippen molar-refractivity contribution in [3.05, 3.63) is 29.2 Å². The molecule has 0 bridgehead atoms. The third kappa shape index (κ3) is 2.61. The van der Waals surface area contributed by atoms with Crippen molar-refractivity contribution in [1.82, 2.24) is 19.7 Å². The van der Waals surface area contributed by atoms with E-state index in [0.29, 0.717) is 10.6 Å². The molecule has 98 valence electrons. The lowest BCUT2D eigenvalue weighted by Gasteiger charge is -2.09. The van der Waals surface area contributed by atoms with Gasteiger partial charge >= 0.3 is 0 Å². The minimum absolute atomic E-state index is 0.627. The van der Waals surface area contributed by atoms with Gasteiger partial charge in [-0.15, -0.1) is 5.10 Å². The Morgan fingerprint density at radius 3 is 2.63 bits per heavy atom. The molecule has 0 spiro atoms. The average molecular weight is 273 g/mol. The van der Waals surface area contributed by atoms with Crippen LogP contribution in [-0.4, -0.2) is 19.7 Å². The zero-order chi connectivity index (χ0) is 13.8. The van der Waals surface area contributed by atoms with Gasteiger partial charge in [-0.1, -0.05) is 13.8 Å². The van der Waals surface area contributed by atoms with Gasteiger partial charge in [0, 0.05) is 19.4 Å². The van der Waals surface area contributed by atoms with Gasteiger partial charge in [-0.2, -0.15) is 10.4 Å². The van der Waals surface area contributed by atoms with Crippen LogP contribution < -0.4 is 0 Å². The summed E-state index contributed by atoms with van der Waals surface area (Å²) in [6.45, 7) is 4.06. The molecule has 0 N–H and O–H groups in total. The maximum absolute atomic E-state index is 9.39. The molecule has 0 radical (unpaired) electrons. The number of rotatable bonds is 4. The lowest BCUT2D eigenvalue weighted by atomic mass is 10.1. The average Bonchev–Trinajstić information content (AvgIpc) is 2.83. The summed E-state index contributed by atoms with van der Waals surface area (Å²) in [7, 11) is 1.91. The third-order valence-corrected chi connectivity index (χ3v) is 3.95. The number of imidazole rings is 1. The van der Waals surface area contributed by atoms with Gasteiger partial charge in [0.05, 0.1) is 11.3 Å². The van der Waals surface area contributed by atoms with E-state index in [4.69, 9.17) is 0 Å². The second-order valence-corrected chi connectivity index (χ2v) is 5.00. The molecule has 0 atom stereocenters. The van der Waals surface area contributed by atoms with E-state index < -0.39 is 0 Å². The van der Waals surface area contributed by atoms with Crippen molar-refractivity contribution >= 4 is 11.8 Å². The van der Waals surface area contributed by atoms with E-state index in [0.717, 1.165) is 29.3 Å². The first-order chi connectivity index (χ1) is 9.21. The minimum Gasteiger partial charge on any atom is -0.329 e. The second kappa shape index (κ2) is 5.85. The maximum atomic E-state index is 9.39. The standard InChI is InChI=1S/C13H15N5S/c1-4-9-10(8-14)12(17-16-11(9)5-2)19-13-15-6-7-18(13)3/h6-7H,4-5H2,1-3H3. The van der Waals surface area contributed by atoms with Gasteiger partial charge < -0.3 is 4.57 Å². The topological polar surface area (TPSA) is 67.4 Å². The number of nitrogens with zero attached hydrogens (tertiary/aromatic N) is 5. The summed E-state index contributed by atoms with van der Waals surface area (Å²) in [5.41, 5.74) is 2.53. The molecule has 2 aromatic rings. The Bertz CT molecular complexity index is 626. The molecule has 19 heavy (non-hydrogen) atoms. The van der Waals surface area contributed by atoms with Gasteiger partial charge in [0.25, 0.3) is 0 Å². The zero-order valence-electron chi connectivity index (χ0n) is 11.2. The molecule has 0 fully saturated rings. The number of aryl methyl sites for hydroxylation is 2. The number of nitriles is 1. The molecule has 0 aliphatic carbocycles. The van der Waals surface area contributed by atoms with Crippen molar-refractivity contribution in [1.29, 1.82) is 5.26 Å². The van der Waals surface area contributed by atoms with Crippen LogP contribution >= 0.6 is 11.8 Å². The lowest BCUT2D eigenvalue weighted by molar-refractivity contribution is 0.779. The fraction of sp³-hybridized carbons (Fsp3) is 0.385. The first kappa shape index (κ1) is 13.6. The molecule has 0 saturated heterocycles. The van der Waals surface area contributed by atoms with Gasteiger partial charge in [0.15, 0.2) is 5.16 Å². The molecule has 0 aliphatic heterocycles. The molecule has 5 nitrogen and oxygen atoms in total. The highest BCUT2D eigenvalue weighted by atomic mass is 32.2. The highest BCUT2D eigenvalue weighted by Crippen LogP contribution is 2.29. The molecule has 2 heterocycles. The SMILES string of the molecule is CCc1nnc(Sc2nccn2C)c(C#N)c1CC. The van der Waals surface area contributed by atoms with E-state index in [-0.39, 0.29) is 0 Å². The van der Waals surface area contributed by atoms with Crippen LogP contribution in [0.2, 0.25) is 0 Å². The smallest absolute Gasteiger partial charge is 0.174 e. The van der Waals surface area contributed by atoms with E-state index in [1.807, 2.05) is 31.7 Å². The van der Waals surface area contributed by atoms with E-state index >= 15 is 0 Å². The quantitative estimate of drug-likeness (QED) is 0.855. The van der Waals surface area contributed by atoms with Crippen molar-refractivity contribution in [2.75, 3.05) is 0 Å². The molecular weight excluding hydrogens is 258 g/mol. The first-order valence-corrected chi connectivity index (χ1v) is 6.96. The number of aromatic nitrogens is 4. The molecule has 2 rings (SSSR count). The molecule has 6 heteroatoms. The predicted octanol–water partition coefficient (Wildman–Crippen LogP) is 2.36. The van der Waals surface area contributed by atoms with Crippen LogP contribution in [0.5, 0.6) is 0 Å². The van der Waals surface area contributed by atoms with Crippen molar-refractivity contribution in [3.63, 3.8) is 0 Å². The van der Waals surface area contributed by atoms with E-state index in [9.17, 15) is 5.26 Å². The van der Waals surface area contributed by atoms with Gasteiger partial charge in [-0.25, -0.2) is 4.98 Å². The van der Waals surface area contributed by atoms with E-state index in [2.05, 4.69) is 21.3 Å². The minimum atomic E-state index is 0.627. The normalized spacial score (nSPS) is 10.4. The summed E-state index contributed by atoms with van der Waals surface area (Å²) in [6.07, 6.45) is 5.17. The molecule has 0 saturated carbocycles. The predicted molar refractivity (Wildman–Crippen MR) is 72.8 cm³/mol. The summed E-state index contributed by atoms with van der Waals surface area (Å²) in [5, 5.41) is 19.2. The Balaban J connectivity index is 2.47. The van der Waals surface area contributed by atoms with Crippen LogP contribution in [0.1, 0.15) is 30.7 Å². The Kier molecular flexibility index (Phi) is 4.17. The Morgan fingerprint density at radius 1 is 1.32 bits per heavy atom. The fourth-order valence-corrected chi connectivity index (χ4v) is 2.72. The van der Waals surface area contributed by atoms with Crippen molar-refractivity contribution < 1.29 is 0 Å². The number of hydrogen-bond acceptors (Lipinski definition) is 5. The van der Waals surface area contributed by atoms with Crippen molar-refractivity contribution in [2.45, 2.75) is 36.9 Å². The van der Waals surface area contributed by atoms with Crippen LogP contribution in [0.3, 0.4) is 0 Å². The van der Waals surface area contributed by atoms with Crippen LogP contribution in [0.4, 0.5) is 0 Å². The Morgan fingerprint density at radius 2 is 2.11 bits per heavy atom. The van der Waals surface area contributed by atoms with E-state index in [1.54, 1.807) is 6.20 Å².